The van der Waals surface area contributed by atoms with E-state index in [-0.39, 0.29) is 17.1 Å². The van der Waals surface area contributed by atoms with Crippen molar-refractivity contribution in [2.75, 3.05) is 18.8 Å². The number of benzene rings is 2. The molecular weight excluding hydrogens is 416 g/mol. The molecule has 1 saturated heterocycles. The molecule has 0 N–H and O–H groups in total. The lowest BCUT2D eigenvalue weighted by molar-refractivity contribution is -0.129. The molecule has 0 unspecified atom stereocenters. The normalized spacial score (nSPS) is 16.5. The monoisotopic (exact) mass is 442 g/mol. The lowest BCUT2D eigenvalue weighted by Gasteiger charge is -2.32. The lowest BCUT2D eigenvalue weighted by Crippen LogP contribution is -2.40. The summed E-state index contributed by atoms with van der Waals surface area (Å²) in [5.74, 6) is 1.83. The molecule has 0 radical (unpaired) electrons. The summed E-state index contributed by atoms with van der Waals surface area (Å²) >= 11 is 1.71. The Morgan fingerprint density at radius 3 is 2.34 bits per heavy atom. The summed E-state index contributed by atoms with van der Waals surface area (Å²) in [4.78, 5) is 15.2. The minimum atomic E-state index is 0.141. The van der Waals surface area contributed by atoms with Crippen LogP contribution in [-0.4, -0.2) is 44.2 Å². The first kappa shape index (κ1) is 20.8. The highest BCUT2D eigenvalue weighted by Gasteiger charge is 2.28. The van der Waals surface area contributed by atoms with Gasteiger partial charge >= 0.3 is 0 Å². The van der Waals surface area contributed by atoms with Crippen LogP contribution in [0.3, 0.4) is 0 Å². The lowest BCUT2D eigenvalue weighted by atomic mass is 9.97. The van der Waals surface area contributed by atoms with Crippen molar-refractivity contribution < 1.29 is 4.79 Å². The molecule has 1 amide bonds. The van der Waals surface area contributed by atoms with Crippen LogP contribution in [0.25, 0.3) is 5.65 Å². The SMILES string of the molecule is O=C(CSC(c1ccccc1)c1ccccc1)N1CCC[C@@H](c2nnc3ccccn23)C1. The van der Waals surface area contributed by atoms with Crippen molar-refractivity contribution in [2.24, 2.45) is 0 Å². The molecule has 1 fully saturated rings. The number of amides is 1. The summed E-state index contributed by atoms with van der Waals surface area (Å²) in [5.41, 5.74) is 3.31. The molecule has 1 atom stereocenters. The van der Waals surface area contributed by atoms with E-state index in [0.717, 1.165) is 30.9 Å². The molecular formula is C26H26N4OS. The van der Waals surface area contributed by atoms with Crippen LogP contribution >= 0.6 is 11.8 Å². The number of hydrogen-bond acceptors (Lipinski definition) is 4. The van der Waals surface area contributed by atoms with Gasteiger partial charge in [-0.25, -0.2) is 0 Å². The molecule has 6 heteroatoms. The van der Waals surface area contributed by atoms with Crippen LogP contribution < -0.4 is 0 Å². The quantitative estimate of drug-likeness (QED) is 0.424. The predicted molar refractivity (Wildman–Crippen MR) is 129 cm³/mol. The second kappa shape index (κ2) is 9.57. The fourth-order valence-electron chi connectivity index (χ4n) is 4.44. The molecule has 0 aliphatic carbocycles. The number of carbonyl (C=O) groups is 1. The molecule has 0 spiro atoms. The van der Waals surface area contributed by atoms with Crippen LogP contribution in [0.4, 0.5) is 0 Å². The first-order chi connectivity index (χ1) is 15.8. The fourth-order valence-corrected chi connectivity index (χ4v) is 5.63. The second-order valence-corrected chi connectivity index (χ2v) is 9.27. The molecule has 162 valence electrons. The molecule has 4 aromatic rings. The van der Waals surface area contributed by atoms with Gasteiger partial charge in [-0.05, 0) is 36.1 Å². The molecule has 0 bridgehead atoms. The van der Waals surface area contributed by atoms with E-state index < -0.39 is 0 Å². The zero-order valence-electron chi connectivity index (χ0n) is 17.9. The van der Waals surface area contributed by atoms with Crippen LogP contribution in [-0.2, 0) is 4.79 Å². The highest BCUT2D eigenvalue weighted by Crippen LogP contribution is 2.36. The van der Waals surface area contributed by atoms with Gasteiger partial charge in [0.15, 0.2) is 5.65 Å². The van der Waals surface area contributed by atoms with E-state index in [1.807, 2.05) is 45.8 Å². The molecule has 1 aliphatic heterocycles. The number of thioether (sulfide) groups is 1. The standard InChI is InChI=1S/C26H26N4OS/c31-24(19-32-25(20-10-3-1-4-11-20)21-12-5-2-6-13-21)29-16-9-14-22(18-29)26-28-27-23-15-7-8-17-30(23)26/h1-8,10-13,15,17,22,25H,9,14,16,18-19H2/t22-/m1/s1. The van der Waals surface area contributed by atoms with Crippen molar-refractivity contribution in [1.82, 2.24) is 19.5 Å². The van der Waals surface area contributed by atoms with Gasteiger partial charge in [0.2, 0.25) is 5.91 Å². The Bertz CT molecular complexity index is 1140. The average Bonchev–Trinajstić information content (AvgIpc) is 3.30. The van der Waals surface area contributed by atoms with Crippen molar-refractivity contribution in [1.29, 1.82) is 0 Å². The molecule has 2 aromatic heterocycles. The Kier molecular flexibility index (Phi) is 6.21. The molecule has 2 aromatic carbocycles. The molecule has 5 nitrogen and oxygen atoms in total. The first-order valence-electron chi connectivity index (χ1n) is 11.1. The number of carbonyl (C=O) groups excluding carboxylic acids is 1. The smallest absolute Gasteiger partial charge is 0.232 e. The van der Waals surface area contributed by atoms with E-state index in [0.29, 0.717) is 12.3 Å². The highest BCUT2D eigenvalue weighted by molar-refractivity contribution is 8.00. The second-order valence-electron chi connectivity index (χ2n) is 8.18. The predicted octanol–water partition coefficient (Wildman–Crippen LogP) is 4.96. The Morgan fingerprint density at radius 2 is 1.62 bits per heavy atom. The number of pyridine rings is 1. The van der Waals surface area contributed by atoms with Crippen LogP contribution in [0.2, 0.25) is 0 Å². The summed E-state index contributed by atoms with van der Waals surface area (Å²) in [5, 5.41) is 8.87. The topological polar surface area (TPSA) is 50.5 Å². The summed E-state index contributed by atoms with van der Waals surface area (Å²) < 4.78 is 2.05. The highest BCUT2D eigenvalue weighted by atomic mass is 32.2. The summed E-state index contributed by atoms with van der Waals surface area (Å²) in [6.45, 7) is 1.52. The van der Waals surface area contributed by atoms with Crippen molar-refractivity contribution >= 4 is 23.3 Å². The summed E-state index contributed by atoms with van der Waals surface area (Å²) in [6.07, 6.45) is 4.03. The Labute approximate surface area is 192 Å². The van der Waals surface area contributed by atoms with Crippen molar-refractivity contribution in [2.45, 2.75) is 24.0 Å². The third kappa shape index (κ3) is 4.41. The number of nitrogens with zero attached hydrogens (tertiary/aromatic N) is 4. The first-order valence-corrected chi connectivity index (χ1v) is 12.1. The maximum Gasteiger partial charge on any atom is 0.232 e. The average molecular weight is 443 g/mol. The van der Waals surface area contributed by atoms with Crippen molar-refractivity contribution in [3.63, 3.8) is 0 Å². The number of likely N-dealkylation sites (tertiary alicyclic amines) is 1. The van der Waals surface area contributed by atoms with E-state index in [4.69, 9.17) is 0 Å². The van der Waals surface area contributed by atoms with Gasteiger partial charge in [0.25, 0.3) is 0 Å². The zero-order valence-corrected chi connectivity index (χ0v) is 18.7. The Balaban J connectivity index is 1.28. The minimum Gasteiger partial charge on any atom is -0.341 e. The van der Waals surface area contributed by atoms with E-state index in [2.05, 4.69) is 58.7 Å². The Morgan fingerprint density at radius 1 is 0.938 bits per heavy atom. The Hall–Kier alpha value is -3.12. The van der Waals surface area contributed by atoms with E-state index in [1.54, 1.807) is 11.8 Å². The van der Waals surface area contributed by atoms with Crippen LogP contribution in [0.15, 0.2) is 85.1 Å². The van der Waals surface area contributed by atoms with Gasteiger partial charge in [-0.2, -0.15) is 0 Å². The van der Waals surface area contributed by atoms with Gasteiger partial charge in [0.1, 0.15) is 5.82 Å². The number of fused-ring (bicyclic) bond motifs is 1. The number of hydrogen-bond donors (Lipinski definition) is 0. The summed E-state index contributed by atoms with van der Waals surface area (Å²) in [7, 11) is 0. The number of piperidine rings is 1. The van der Waals surface area contributed by atoms with E-state index in [9.17, 15) is 4.79 Å². The van der Waals surface area contributed by atoms with Gasteiger partial charge in [-0.1, -0.05) is 66.7 Å². The van der Waals surface area contributed by atoms with Crippen molar-refractivity contribution in [3.05, 3.63) is 102 Å². The van der Waals surface area contributed by atoms with Gasteiger partial charge in [0, 0.05) is 25.2 Å². The zero-order chi connectivity index (χ0) is 21.8. The third-order valence-electron chi connectivity index (χ3n) is 6.06. The van der Waals surface area contributed by atoms with Gasteiger partial charge in [-0.15, -0.1) is 22.0 Å². The maximum absolute atomic E-state index is 13.2. The van der Waals surface area contributed by atoms with Gasteiger partial charge in [-0.3, -0.25) is 9.20 Å². The van der Waals surface area contributed by atoms with E-state index in [1.165, 1.54) is 11.1 Å². The molecule has 32 heavy (non-hydrogen) atoms. The molecule has 1 aliphatic rings. The third-order valence-corrected chi connectivity index (χ3v) is 7.35. The van der Waals surface area contributed by atoms with Gasteiger partial charge in [0.05, 0.1) is 11.0 Å². The number of aromatic nitrogens is 3. The molecule has 5 rings (SSSR count). The van der Waals surface area contributed by atoms with Crippen molar-refractivity contribution in [3.8, 4) is 0 Å². The minimum absolute atomic E-state index is 0.141. The van der Waals surface area contributed by atoms with Crippen LogP contribution in [0.5, 0.6) is 0 Å². The largest absolute Gasteiger partial charge is 0.341 e. The molecule has 0 saturated carbocycles. The maximum atomic E-state index is 13.2. The van der Waals surface area contributed by atoms with Gasteiger partial charge < -0.3 is 4.90 Å². The number of rotatable bonds is 6. The van der Waals surface area contributed by atoms with Crippen LogP contribution in [0.1, 0.15) is 41.0 Å². The summed E-state index contributed by atoms with van der Waals surface area (Å²) in [6, 6.07) is 26.8. The molecule has 3 heterocycles. The fraction of sp³-hybridized carbons (Fsp3) is 0.269. The van der Waals surface area contributed by atoms with E-state index >= 15 is 0 Å². The van der Waals surface area contributed by atoms with Crippen LogP contribution in [0, 0.1) is 0 Å².